The fourth-order valence-corrected chi connectivity index (χ4v) is 4.36. The molecule has 5 rings (SSSR count). The zero-order valence-electron chi connectivity index (χ0n) is 17.7. The Balaban J connectivity index is 1.65. The lowest BCUT2D eigenvalue weighted by Gasteiger charge is -2.26. The third-order valence-corrected chi connectivity index (χ3v) is 6.10. The number of carbonyl (C=O) groups excluding carboxylic acids is 1. The number of nitro benzene ring substituents is 1. The first-order valence-electron chi connectivity index (χ1n) is 10.4. The highest BCUT2D eigenvalue weighted by molar-refractivity contribution is 6.30. The maximum absolute atomic E-state index is 13.5. The molecule has 1 amide bonds. The molecule has 0 saturated carbocycles. The quantitative estimate of drug-likeness (QED) is 0.307. The number of non-ortho nitro benzene ring substituents is 1. The van der Waals surface area contributed by atoms with Crippen LogP contribution in [0.3, 0.4) is 0 Å². The van der Waals surface area contributed by atoms with E-state index in [2.05, 4.69) is 10.2 Å². The number of halogens is 1. The van der Waals surface area contributed by atoms with Gasteiger partial charge in [0.15, 0.2) is 0 Å². The number of aromatic nitrogens is 2. The Morgan fingerprint density at radius 3 is 2.52 bits per heavy atom. The normalized spacial score (nSPS) is 15.0. The van der Waals surface area contributed by atoms with Crippen LogP contribution in [0.5, 0.6) is 0 Å². The summed E-state index contributed by atoms with van der Waals surface area (Å²) in [5.41, 5.74) is 5.24. The number of H-pyrrole nitrogens is 1. The summed E-state index contributed by atoms with van der Waals surface area (Å²) in [7, 11) is 0. The Morgan fingerprint density at radius 1 is 1.09 bits per heavy atom. The maximum Gasteiger partial charge on any atom is 0.273 e. The standard InChI is InChI=1S/C25H19ClN4O3/c1-15-5-7-16(8-6-15)14-29-24(18-3-2-4-20(13-18)30(32)33)21-22(27-28-23(21)25(29)31)17-9-11-19(26)12-10-17/h2-13,24H,14H2,1H3,(H,27,28). The molecule has 1 aromatic heterocycles. The van der Waals surface area contributed by atoms with Gasteiger partial charge in [-0.05, 0) is 30.2 Å². The van der Waals surface area contributed by atoms with Crippen molar-refractivity contribution >= 4 is 23.2 Å². The third kappa shape index (κ3) is 3.76. The van der Waals surface area contributed by atoms with E-state index >= 15 is 0 Å². The zero-order chi connectivity index (χ0) is 23.1. The van der Waals surface area contributed by atoms with Crippen LogP contribution in [0.1, 0.15) is 38.8 Å². The zero-order valence-corrected chi connectivity index (χ0v) is 18.4. The van der Waals surface area contributed by atoms with Crippen molar-refractivity contribution in [1.82, 2.24) is 15.1 Å². The summed E-state index contributed by atoms with van der Waals surface area (Å²) in [6, 6.07) is 21.1. The lowest BCUT2D eigenvalue weighted by molar-refractivity contribution is -0.384. The van der Waals surface area contributed by atoms with Gasteiger partial charge in [-0.2, -0.15) is 5.10 Å². The number of hydrogen-bond acceptors (Lipinski definition) is 4. The number of nitrogens with one attached hydrogen (secondary N) is 1. The Kier molecular flexibility index (Phi) is 5.18. The summed E-state index contributed by atoms with van der Waals surface area (Å²) in [5.74, 6) is -0.199. The lowest BCUT2D eigenvalue weighted by Crippen LogP contribution is -2.29. The van der Waals surface area contributed by atoms with E-state index in [1.165, 1.54) is 12.1 Å². The highest BCUT2D eigenvalue weighted by atomic mass is 35.5. The minimum absolute atomic E-state index is 0.0276. The van der Waals surface area contributed by atoms with E-state index in [0.29, 0.717) is 34.1 Å². The van der Waals surface area contributed by atoms with E-state index in [1.807, 2.05) is 43.3 Å². The number of fused-ring (bicyclic) bond motifs is 1. The molecule has 0 saturated heterocycles. The van der Waals surface area contributed by atoms with Gasteiger partial charge in [0.2, 0.25) is 0 Å². The van der Waals surface area contributed by atoms with Crippen LogP contribution in [0.2, 0.25) is 5.02 Å². The number of amides is 1. The summed E-state index contributed by atoms with van der Waals surface area (Å²) in [6.45, 7) is 2.36. The van der Waals surface area contributed by atoms with Crippen molar-refractivity contribution in [3.63, 3.8) is 0 Å². The van der Waals surface area contributed by atoms with Gasteiger partial charge in [-0.15, -0.1) is 0 Å². The van der Waals surface area contributed by atoms with E-state index in [4.69, 9.17) is 11.6 Å². The van der Waals surface area contributed by atoms with Gasteiger partial charge in [0, 0.05) is 34.8 Å². The number of aryl methyl sites for hydroxylation is 1. The average molecular weight is 459 g/mol. The molecule has 4 aromatic rings. The van der Waals surface area contributed by atoms with E-state index in [-0.39, 0.29) is 11.6 Å². The van der Waals surface area contributed by atoms with E-state index in [0.717, 1.165) is 16.7 Å². The number of nitro groups is 1. The number of hydrogen-bond donors (Lipinski definition) is 1. The molecule has 2 heterocycles. The maximum atomic E-state index is 13.5. The predicted molar refractivity (Wildman–Crippen MR) is 125 cm³/mol. The van der Waals surface area contributed by atoms with Crippen LogP contribution < -0.4 is 0 Å². The molecule has 0 aliphatic carbocycles. The molecule has 33 heavy (non-hydrogen) atoms. The molecule has 0 bridgehead atoms. The second kappa shape index (κ2) is 8.18. The first-order chi connectivity index (χ1) is 15.9. The van der Waals surface area contributed by atoms with Crippen molar-refractivity contribution in [2.45, 2.75) is 19.5 Å². The van der Waals surface area contributed by atoms with Crippen molar-refractivity contribution in [2.75, 3.05) is 0 Å². The number of carbonyl (C=O) groups is 1. The van der Waals surface area contributed by atoms with Crippen LogP contribution in [0.15, 0.2) is 72.8 Å². The molecule has 7 nitrogen and oxygen atoms in total. The van der Waals surface area contributed by atoms with Gasteiger partial charge in [-0.25, -0.2) is 0 Å². The van der Waals surface area contributed by atoms with Gasteiger partial charge in [-0.3, -0.25) is 20.0 Å². The fourth-order valence-electron chi connectivity index (χ4n) is 4.23. The lowest BCUT2D eigenvalue weighted by atomic mass is 9.95. The van der Waals surface area contributed by atoms with Crippen molar-refractivity contribution in [3.8, 4) is 11.3 Å². The molecule has 1 atom stereocenters. The summed E-state index contributed by atoms with van der Waals surface area (Å²) >= 11 is 6.06. The van der Waals surface area contributed by atoms with E-state index in [9.17, 15) is 14.9 Å². The van der Waals surface area contributed by atoms with Crippen LogP contribution in [0, 0.1) is 17.0 Å². The number of rotatable bonds is 5. The minimum Gasteiger partial charge on any atom is -0.322 e. The number of aromatic amines is 1. The summed E-state index contributed by atoms with van der Waals surface area (Å²) < 4.78 is 0. The molecule has 1 unspecified atom stereocenters. The summed E-state index contributed by atoms with van der Waals surface area (Å²) in [6.07, 6.45) is 0. The number of nitrogens with zero attached hydrogens (tertiary/aromatic N) is 3. The van der Waals surface area contributed by atoms with E-state index < -0.39 is 11.0 Å². The van der Waals surface area contributed by atoms with Gasteiger partial charge in [0.05, 0.1) is 16.7 Å². The Hall–Kier alpha value is -3.97. The fraction of sp³-hybridized carbons (Fsp3) is 0.120. The van der Waals surface area contributed by atoms with Crippen LogP contribution in [0.4, 0.5) is 5.69 Å². The van der Waals surface area contributed by atoms with E-state index in [1.54, 1.807) is 29.2 Å². The molecule has 0 fully saturated rings. The first kappa shape index (κ1) is 20.9. The molecule has 1 N–H and O–H groups in total. The first-order valence-corrected chi connectivity index (χ1v) is 10.8. The van der Waals surface area contributed by atoms with Crippen LogP contribution in [-0.2, 0) is 6.54 Å². The number of benzene rings is 3. The van der Waals surface area contributed by atoms with Gasteiger partial charge in [0.1, 0.15) is 5.69 Å². The molecule has 8 heteroatoms. The molecule has 0 radical (unpaired) electrons. The summed E-state index contributed by atoms with van der Waals surface area (Å²) in [5, 5.41) is 19.4. The van der Waals surface area contributed by atoms with Gasteiger partial charge in [0.25, 0.3) is 11.6 Å². The second-order valence-corrected chi connectivity index (χ2v) is 8.48. The van der Waals surface area contributed by atoms with Gasteiger partial charge < -0.3 is 4.90 Å². The Bertz CT molecular complexity index is 1360. The van der Waals surface area contributed by atoms with Crippen LogP contribution in [-0.4, -0.2) is 25.9 Å². The summed E-state index contributed by atoms with van der Waals surface area (Å²) in [4.78, 5) is 26.2. The molecule has 164 valence electrons. The van der Waals surface area contributed by atoms with Crippen molar-refractivity contribution in [1.29, 1.82) is 0 Å². The Labute approximate surface area is 194 Å². The predicted octanol–water partition coefficient (Wildman–Crippen LogP) is 5.69. The molecule has 0 spiro atoms. The highest BCUT2D eigenvalue weighted by Gasteiger charge is 2.42. The molecule has 3 aromatic carbocycles. The van der Waals surface area contributed by atoms with Crippen LogP contribution >= 0.6 is 11.6 Å². The van der Waals surface area contributed by atoms with Gasteiger partial charge >= 0.3 is 0 Å². The second-order valence-electron chi connectivity index (χ2n) is 8.04. The molecular formula is C25H19ClN4O3. The van der Waals surface area contributed by atoms with Crippen molar-refractivity contribution in [2.24, 2.45) is 0 Å². The highest BCUT2D eigenvalue weighted by Crippen LogP contribution is 2.44. The van der Waals surface area contributed by atoms with Crippen molar-refractivity contribution < 1.29 is 9.72 Å². The minimum atomic E-state index is -0.530. The largest absolute Gasteiger partial charge is 0.322 e. The third-order valence-electron chi connectivity index (χ3n) is 5.85. The van der Waals surface area contributed by atoms with Crippen LogP contribution in [0.25, 0.3) is 11.3 Å². The SMILES string of the molecule is Cc1ccc(CN2C(=O)c3[nH]nc(-c4ccc(Cl)cc4)c3C2c2cccc([N+](=O)[O-])c2)cc1. The Morgan fingerprint density at radius 2 is 1.82 bits per heavy atom. The average Bonchev–Trinajstić information content (AvgIpc) is 3.35. The molecular weight excluding hydrogens is 440 g/mol. The molecule has 1 aliphatic rings. The van der Waals surface area contributed by atoms with Crippen molar-refractivity contribution in [3.05, 3.63) is 116 Å². The molecule has 1 aliphatic heterocycles. The monoisotopic (exact) mass is 458 g/mol. The topological polar surface area (TPSA) is 92.1 Å². The van der Waals surface area contributed by atoms with Gasteiger partial charge in [-0.1, -0.05) is 65.7 Å². The smallest absolute Gasteiger partial charge is 0.273 e.